The van der Waals surface area contributed by atoms with Gasteiger partial charge in [0.15, 0.2) is 0 Å². The highest BCUT2D eigenvalue weighted by atomic mass is 35.5. The maximum atomic E-state index is 6.35. The summed E-state index contributed by atoms with van der Waals surface area (Å²) in [6, 6.07) is 6.32. The van der Waals surface area contributed by atoms with E-state index >= 15 is 0 Å². The molecule has 1 aromatic heterocycles. The summed E-state index contributed by atoms with van der Waals surface area (Å²) in [6.45, 7) is 5.19. The fraction of sp³-hybridized carbons (Fsp3) is 0.533. The second-order valence-electron chi connectivity index (χ2n) is 5.21. The van der Waals surface area contributed by atoms with E-state index in [1.165, 1.54) is 28.3 Å². The van der Waals surface area contributed by atoms with Crippen molar-refractivity contribution in [2.45, 2.75) is 31.0 Å². The molecule has 2 nitrogen and oxygen atoms in total. The molecule has 20 heavy (non-hydrogen) atoms. The summed E-state index contributed by atoms with van der Waals surface area (Å²) >= 11 is 10.5. The van der Waals surface area contributed by atoms with Crippen LogP contribution in [0.4, 0.5) is 0 Å². The number of aryl methyl sites for hydroxylation is 1. The molecule has 0 spiro atoms. The van der Waals surface area contributed by atoms with Gasteiger partial charge in [-0.15, -0.1) is 11.6 Å². The molecular formula is C15H19ClN2S2. The van der Waals surface area contributed by atoms with Gasteiger partial charge < -0.3 is 4.57 Å². The van der Waals surface area contributed by atoms with Crippen molar-refractivity contribution in [2.24, 2.45) is 0 Å². The lowest BCUT2D eigenvalue weighted by molar-refractivity contribution is 0.666. The van der Waals surface area contributed by atoms with Crippen LogP contribution < -0.4 is 0 Å². The summed E-state index contributed by atoms with van der Waals surface area (Å²) in [5, 5.41) is 0.614. The number of rotatable bonds is 3. The van der Waals surface area contributed by atoms with E-state index in [1.54, 1.807) is 0 Å². The fourth-order valence-electron chi connectivity index (χ4n) is 2.72. The zero-order valence-electron chi connectivity index (χ0n) is 11.8. The third-order valence-electron chi connectivity index (χ3n) is 3.62. The first-order valence-corrected chi connectivity index (χ1v) is 9.60. The maximum Gasteiger partial charge on any atom is 0.127 e. The minimum atomic E-state index is -0.0527. The van der Waals surface area contributed by atoms with Gasteiger partial charge in [-0.2, -0.15) is 23.5 Å². The Labute approximate surface area is 133 Å². The van der Waals surface area contributed by atoms with Crippen LogP contribution in [0.3, 0.4) is 0 Å². The normalized spacial score (nSPS) is 21.2. The highest BCUT2D eigenvalue weighted by Crippen LogP contribution is 2.31. The van der Waals surface area contributed by atoms with E-state index in [0.29, 0.717) is 5.25 Å². The van der Waals surface area contributed by atoms with Gasteiger partial charge in [-0.25, -0.2) is 4.98 Å². The lowest BCUT2D eigenvalue weighted by atomic mass is 10.2. The Hall–Kier alpha value is -0.320. The van der Waals surface area contributed by atoms with E-state index < -0.39 is 0 Å². The zero-order chi connectivity index (χ0) is 14.1. The van der Waals surface area contributed by atoms with Gasteiger partial charge in [-0.1, -0.05) is 12.1 Å². The molecule has 0 saturated carbocycles. The second kappa shape index (κ2) is 6.20. The number of halogens is 1. The van der Waals surface area contributed by atoms with Gasteiger partial charge in [0.05, 0.1) is 16.4 Å². The van der Waals surface area contributed by atoms with Crippen LogP contribution in [0.2, 0.25) is 0 Å². The predicted molar refractivity (Wildman–Crippen MR) is 92.3 cm³/mol. The van der Waals surface area contributed by atoms with Gasteiger partial charge in [0.1, 0.15) is 5.82 Å². The van der Waals surface area contributed by atoms with Crippen LogP contribution in [-0.4, -0.2) is 32.1 Å². The average Bonchev–Trinajstić information content (AvgIpc) is 2.80. The van der Waals surface area contributed by atoms with E-state index in [1.807, 2.05) is 6.92 Å². The molecule has 1 fully saturated rings. The van der Waals surface area contributed by atoms with Crippen molar-refractivity contribution in [1.29, 1.82) is 0 Å². The molecule has 1 aliphatic rings. The first-order chi connectivity index (χ1) is 9.66. The molecular weight excluding hydrogens is 308 g/mol. The first-order valence-electron chi connectivity index (χ1n) is 6.96. The Balaban J connectivity index is 2.03. The summed E-state index contributed by atoms with van der Waals surface area (Å²) in [7, 11) is 0. The zero-order valence-corrected chi connectivity index (χ0v) is 14.2. The minimum absolute atomic E-state index is 0.0527. The van der Waals surface area contributed by atoms with E-state index in [9.17, 15) is 0 Å². The number of hydrogen-bond donors (Lipinski definition) is 0. The molecule has 0 aliphatic carbocycles. The number of hydrogen-bond acceptors (Lipinski definition) is 3. The summed E-state index contributed by atoms with van der Waals surface area (Å²) in [5.41, 5.74) is 3.61. The molecule has 5 heteroatoms. The molecule has 2 unspecified atom stereocenters. The maximum absolute atomic E-state index is 6.35. The van der Waals surface area contributed by atoms with Crippen LogP contribution >= 0.6 is 35.1 Å². The molecule has 2 aromatic rings. The topological polar surface area (TPSA) is 17.8 Å². The number of fused-ring (bicyclic) bond motifs is 1. The number of thioether (sulfide) groups is 2. The van der Waals surface area contributed by atoms with Gasteiger partial charge in [-0.3, -0.25) is 0 Å². The van der Waals surface area contributed by atoms with E-state index in [2.05, 4.69) is 53.2 Å². The van der Waals surface area contributed by atoms with Crippen LogP contribution in [0.25, 0.3) is 11.0 Å². The quantitative estimate of drug-likeness (QED) is 0.774. The van der Waals surface area contributed by atoms with Crippen molar-refractivity contribution >= 4 is 46.2 Å². The Bertz CT molecular complexity index is 603. The highest BCUT2D eigenvalue weighted by molar-refractivity contribution is 8.06. The van der Waals surface area contributed by atoms with Gasteiger partial charge >= 0.3 is 0 Å². The van der Waals surface area contributed by atoms with Gasteiger partial charge in [0, 0.05) is 29.1 Å². The van der Waals surface area contributed by atoms with Gasteiger partial charge in [-0.05, 0) is 25.5 Å². The minimum Gasteiger partial charge on any atom is -0.325 e. The number of imidazole rings is 1. The molecule has 1 aliphatic heterocycles. The number of alkyl halides is 1. The molecule has 3 rings (SSSR count). The summed E-state index contributed by atoms with van der Waals surface area (Å²) in [6.07, 6.45) is 0. The molecule has 2 heterocycles. The van der Waals surface area contributed by atoms with E-state index in [-0.39, 0.29) is 5.38 Å². The SMILES string of the molecule is Cc1cccc2nc(C(C)Cl)n(CC3CSCCS3)c12. The summed E-state index contributed by atoms with van der Waals surface area (Å²) in [4.78, 5) is 4.75. The van der Waals surface area contributed by atoms with E-state index in [4.69, 9.17) is 16.6 Å². The smallest absolute Gasteiger partial charge is 0.127 e. The molecule has 1 aromatic carbocycles. The van der Waals surface area contributed by atoms with Crippen LogP contribution in [0, 0.1) is 6.92 Å². The third-order valence-corrected chi connectivity index (χ3v) is 6.65. The van der Waals surface area contributed by atoms with Crippen LogP contribution in [0.15, 0.2) is 18.2 Å². The van der Waals surface area contributed by atoms with Crippen LogP contribution in [0.5, 0.6) is 0 Å². The lowest BCUT2D eigenvalue weighted by Crippen LogP contribution is -2.22. The van der Waals surface area contributed by atoms with Crippen LogP contribution in [0.1, 0.15) is 23.7 Å². The number of para-hydroxylation sites is 1. The third kappa shape index (κ3) is 2.83. The molecule has 0 amide bonds. The Morgan fingerprint density at radius 3 is 3.00 bits per heavy atom. The standard InChI is InChI=1S/C15H19ClN2S2/c1-10-4-3-5-13-14(10)18(15(17-13)11(2)16)8-12-9-19-6-7-20-12/h3-5,11-12H,6-9H2,1-2H3. The summed E-state index contributed by atoms with van der Waals surface area (Å²) in [5.74, 6) is 4.77. The molecule has 0 bridgehead atoms. The van der Waals surface area contributed by atoms with Crippen molar-refractivity contribution < 1.29 is 0 Å². The number of benzene rings is 1. The van der Waals surface area contributed by atoms with Gasteiger partial charge in [0.2, 0.25) is 0 Å². The van der Waals surface area contributed by atoms with Crippen molar-refractivity contribution in [3.8, 4) is 0 Å². The first kappa shape index (κ1) is 14.6. The van der Waals surface area contributed by atoms with Crippen molar-refractivity contribution in [1.82, 2.24) is 9.55 Å². The fourth-order valence-corrected chi connectivity index (χ4v) is 5.54. The molecule has 108 valence electrons. The second-order valence-corrected chi connectivity index (χ2v) is 8.42. The molecule has 0 radical (unpaired) electrons. The van der Waals surface area contributed by atoms with Crippen molar-refractivity contribution in [3.63, 3.8) is 0 Å². The molecule has 2 atom stereocenters. The highest BCUT2D eigenvalue weighted by Gasteiger charge is 2.21. The largest absolute Gasteiger partial charge is 0.325 e. The summed E-state index contributed by atoms with van der Waals surface area (Å²) < 4.78 is 2.35. The Kier molecular flexibility index (Phi) is 4.53. The Morgan fingerprint density at radius 1 is 1.45 bits per heavy atom. The van der Waals surface area contributed by atoms with Crippen LogP contribution in [-0.2, 0) is 6.54 Å². The predicted octanol–water partition coefficient (Wildman–Crippen LogP) is 4.49. The van der Waals surface area contributed by atoms with E-state index in [0.717, 1.165) is 17.9 Å². The average molecular weight is 327 g/mol. The van der Waals surface area contributed by atoms with Crippen molar-refractivity contribution in [3.05, 3.63) is 29.6 Å². The monoisotopic (exact) mass is 326 g/mol. The van der Waals surface area contributed by atoms with Crippen molar-refractivity contribution in [2.75, 3.05) is 17.3 Å². The lowest BCUT2D eigenvalue weighted by Gasteiger charge is -2.23. The molecule has 0 N–H and O–H groups in total. The molecule has 1 saturated heterocycles. The number of aromatic nitrogens is 2. The Morgan fingerprint density at radius 2 is 2.30 bits per heavy atom. The van der Waals surface area contributed by atoms with Gasteiger partial charge in [0.25, 0.3) is 0 Å². The number of nitrogens with zero attached hydrogens (tertiary/aromatic N) is 2.